The number of carboxylic acids is 1. The van der Waals surface area contributed by atoms with E-state index in [-0.39, 0.29) is 6.42 Å². The van der Waals surface area contributed by atoms with Gasteiger partial charge in [-0.2, -0.15) is 0 Å². The smallest absolute Gasteiger partial charge is 0.303 e. The van der Waals surface area contributed by atoms with E-state index in [9.17, 15) is 4.79 Å². The van der Waals surface area contributed by atoms with Crippen molar-refractivity contribution in [2.24, 2.45) is 0 Å². The third-order valence-electron chi connectivity index (χ3n) is 1.67. The van der Waals surface area contributed by atoms with Crippen LogP contribution in [0.25, 0.3) is 0 Å². The molecule has 3 heteroatoms. The lowest BCUT2D eigenvalue weighted by Gasteiger charge is -1.99. The first kappa shape index (κ1) is 10.1. The highest BCUT2D eigenvalue weighted by Gasteiger charge is 1.98. The fraction of sp³-hybridized carbons (Fsp3) is 0.300. The zero-order valence-electron chi connectivity index (χ0n) is 7.09. The molecule has 1 aromatic carbocycles. The molecule has 13 heavy (non-hydrogen) atoms. The molecule has 0 aliphatic heterocycles. The van der Waals surface area contributed by atoms with Gasteiger partial charge in [-0.15, -0.1) is 0 Å². The zero-order valence-corrected chi connectivity index (χ0v) is 7.84. The first-order valence-corrected chi connectivity index (χ1v) is 4.43. The van der Waals surface area contributed by atoms with Crippen molar-refractivity contribution in [1.29, 1.82) is 0 Å². The molecule has 1 aromatic rings. The second-order valence-electron chi connectivity index (χ2n) is 2.81. The molecule has 0 aliphatic rings. The lowest BCUT2D eigenvalue weighted by atomic mass is 10.1. The number of hydrogen-bond acceptors (Lipinski definition) is 1. The number of carboxylic acid groups (broad SMARTS) is 1. The standard InChI is InChI=1S/C10H10ClO2/c11-9-5-1-3-8(7-9)4-2-6-10(12)13/h3,5,7H,2,4,6H2,(H,12,13). The van der Waals surface area contributed by atoms with Crippen LogP contribution in [0.4, 0.5) is 0 Å². The molecular weight excluding hydrogens is 188 g/mol. The first-order valence-electron chi connectivity index (χ1n) is 4.06. The predicted octanol–water partition coefficient (Wildman–Crippen LogP) is 2.55. The lowest BCUT2D eigenvalue weighted by Crippen LogP contribution is -1.95. The summed E-state index contributed by atoms with van der Waals surface area (Å²) in [6, 6.07) is 8.23. The maximum Gasteiger partial charge on any atom is 0.303 e. The summed E-state index contributed by atoms with van der Waals surface area (Å²) in [6.07, 6.45) is 1.58. The fourth-order valence-corrected chi connectivity index (χ4v) is 1.28. The van der Waals surface area contributed by atoms with Crippen LogP contribution in [0.2, 0.25) is 5.02 Å². The second kappa shape index (κ2) is 4.87. The van der Waals surface area contributed by atoms with Crippen LogP contribution in [0.3, 0.4) is 0 Å². The van der Waals surface area contributed by atoms with Crippen LogP contribution in [-0.4, -0.2) is 11.1 Å². The van der Waals surface area contributed by atoms with Crippen molar-refractivity contribution in [3.05, 3.63) is 34.9 Å². The first-order chi connectivity index (χ1) is 6.18. The Labute approximate surface area is 82.2 Å². The summed E-state index contributed by atoms with van der Waals surface area (Å²) >= 11 is 5.74. The summed E-state index contributed by atoms with van der Waals surface area (Å²) in [4.78, 5) is 10.2. The molecule has 0 bridgehead atoms. The van der Waals surface area contributed by atoms with Crippen molar-refractivity contribution in [3.8, 4) is 0 Å². The Balaban J connectivity index is 2.41. The molecule has 1 radical (unpaired) electrons. The van der Waals surface area contributed by atoms with Gasteiger partial charge in [0.15, 0.2) is 0 Å². The third kappa shape index (κ3) is 3.95. The van der Waals surface area contributed by atoms with Crippen LogP contribution in [0.5, 0.6) is 0 Å². The van der Waals surface area contributed by atoms with Gasteiger partial charge in [-0.25, -0.2) is 0 Å². The van der Waals surface area contributed by atoms with Crippen LogP contribution < -0.4 is 0 Å². The normalized spacial score (nSPS) is 9.92. The van der Waals surface area contributed by atoms with Gasteiger partial charge in [0.1, 0.15) is 0 Å². The summed E-state index contributed by atoms with van der Waals surface area (Å²) in [7, 11) is 0. The van der Waals surface area contributed by atoms with Crippen LogP contribution in [-0.2, 0) is 11.2 Å². The van der Waals surface area contributed by atoms with Gasteiger partial charge in [0.05, 0.1) is 0 Å². The highest BCUT2D eigenvalue weighted by atomic mass is 35.5. The Kier molecular flexibility index (Phi) is 3.77. The van der Waals surface area contributed by atoms with Gasteiger partial charge in [-0.3, -0.25) is 4.79 Å². The Morgan fingerprint density at radius 1 is 1.54 bits per heavy atom. The van der Waals surface area contributed by atoms with Gasteiger partial charge in [0.25, 0.3) is 0 Å². The van der Waals surface area contributed by atoms with Crippen molar-refractivity contribution in [2.75, 3.05) is 0 Å². The molecule has 1 rings (SSSR count). The Morgan fingerprint density at radius 2 is 2.31 bits per heavy atom. The van der Waals surface area contributed by atoms with E-state index >= 15 is 0 Å². The maximum absolute atomic E-state index is 10.2. The second-order valence-corrected chi connectivity index (χ2v) is 3.24. The number of benzene rings is 1. The monoisotopic (exact) mass is 197 g/mol. The molecule has 1 N–H and O–H groups in total. The van der Waals surface area contributed by atoms with E-state index in [4.69, 9.17) is 16.7 Å². The molecule has 0 unspecified atom stereocenters. The highest BCUT2D eigenvalue weighted by Crippen LogP contribution is 2.12. The van der Waals surface area contributed by atoms with E-state index < -0.39 is 5.97 Å². The number of carbonyl (C=O) groups is 1. The van der Waals surface area contributed by atoms with Crippen LogP contribution in [0.15, 0.2) is 18.2 Å². The minimum Gasteiger partial charge on any atom is -0.481 e. The SMILES string of the molecule is O=C(O)CCCc1c[c]cc(Cl)c1. The molecule has 0 amide bonds. The van der Waals surface area contributed by atoms with Crippen LogP contribution >= 0.6 is 11.6 Å². The third-order valence-corrected chi connectivity index (χ3v) is 1.89. The van der Waals surface area contributed by atoms with E-state index in [0.717, 1.165) is 12.0 Å². The largest absolute Gasteiger partial charge is 0.481 e. The molecule has 0 spiro atoms. The molecule has 0 heterocycles. The molecule has 2 nitrogen and oxygen atoms in total. The van der Waals surface area contributed by atoms with E-state index in [1.165, 1.54) is 0 Å². The van der Waals surface area contributed by atoms with Crippen LogP contribution in [0, 0.1) is 6.07 Å². The van der Waals surface area contributed by atoms with Crippen LogP contribution in [0.1, 0.15) is 18.4 Å². The lowest BCUT2D eigenvalue weighted by molar-refractivity contribution is -0.137. The molecule has 0 aromatic heterocycles. The predicted molar refractivity (Wildman–Crippen MR) is 50.9 cm³/mol. The molecule has 0 aliphatic carbocycles. The van der Waals surface area contributed by atoms with E-state index in [1.54, 1.807) is 6.07 Å². The quantitative estimate of drug-likeness (QED) is 0.806. The van der Waals surface area contributed by atoms with E-state index in [2.05, 4.69) is 6.07 Å². The maximum atomic E-state index is 10.2. The van der Waals surface area contributed by atoms with E-state index in [0.29, 0.717) is 11.4 Å². The Hall–Kier alpha value is -1.02. The number of halogens is 1. The summed E-state index contributed by atoms with van der Waals surface area (Å²) in [5.41, 5.74) is 1.04. The van der Waals surface area contributed by atoms with Crippen molar-refractivity contribution < 1.29 is 9.90 Å². The van der Waals surface area contributed by atoms with Crippen molar-refractivity contribution in [2.45, 2.75) is 19.3 Å². The zero-order chi connectivity index (χ0) is 9.68. The van der Waals surface area contributed by atoms with Gasteiger partial charge in [0, 0.05) is 11.4 Å². The van der Waals surface area contributed by atoms with Crippen molar-refractivity contribution in [1.82, 2.24) is 0 Å². The number of rotatable bonds is 4. The van der Waals surface area contributed by atoms with Crippen molar-refractivity contribution >= 4 is 17.6 Å². The number of aliphatic carboxylic acids is 1. The van der Waals surface area contributed by atoms with E-state index in [1.807, 2.05) is 12.1 Å². The molecule has 0 fully saturated rings. The Morgan fingerprint density at radius 3 is 2.92 bits per heavy atom. The molecule has 0 atom stereocenters. The summed E-state index contributed by atoms with van der Waals surface area (Å²) in [5.74, 6) is -0.758. The van der Waals surface area contributed by atoms with Gasteiger partial charge in [-0.1, -0.05) is 17.7 Å². The van der Waals surface area contributed by atoms with Gasteiger partial charge in [-0.05, 0) is 36.6 Å². The summed E-state index contributed by atoms with van der Waals surface area (Å²) in [5, 5.41) is 9.06. The minimum absolute atomic E-state index is 0.201. The van der Waals surface area contributed by atoms with Gasteiger partial charge >= 0.3 is 5.97 Å². The van der Waals surface area contributed by atoms with Gasteiger partial charge in [0.2, 0.25) is 0 Å². The summed E-state index contributed by atoms with van der Waals surface area (Å²) in [6.45, 7) is 0. The minimum atomic E-state index is -0.758. The average molecular weight is 198 g/mol. The number of hydrogen-bond donors (Lipinski definition) is 1. The Bertz CT molecular complexity index is 297. The number of aryl methyl sites for hydroxylation is 1. The van der Waals surface area contributed by atoms with Gasteiger partial charge < -0.3 is 5.11 Å². The molecular formula is C10H10ClO2. The molecule has 0 saturated carbocycles. The summed E-state index contributed by atoms with van der Waals surface area (Å²) < 4.78 is 0. The molecule has 0 saturated heterocycles. The molecule has 69 valence electrons. The topological polar surface area (TPSA) is 37.3 Å². The fourth-order valence-electron chi connectivity index (χ4n) is 1.08. The average Bonchev–Trinajstić information content (AvgIpc) is 2.03. The highest BCUT2D eigenvalue weighted by molar-refractivity contribution is 6.30. The van der Waals surface area contributed by atoms with Crippen molar-refractivity contribution in [3.63, 3.8) is 0 Å².